The van der Waals surface area contributed by atoms with E-state index < -0.39 is 0 Å². The van der Waals surface area contributed by atoms with Crippen molar-refractivity contribution in [2.75, 3.05) is 0 Å². The molecule has 0 spiro atoms. The van der Waals surface area contributed by atoms with Gasteiger partial charge in [0.1, 0.15) is 0 Å². The largest absolute Gasteiger partial charge is 0.343 e. The van der Waals surface area contributed by atoms with Gasteiger partial charge in [0.25, 0.3) is 0 Å². The van der Waals surface area contributed by atoms with Crippen LogP contribution in [0.2, 0.25) is 0 Å². The quantitative estimate of drug-likeness (QED) is 0.767. The summed E-state index contributed by atoms with van der Waals surface area (Å²) in [6.07, 6.45) is 1.78. The fraction of sp³-hybridized carbons (Fsp3) is 0.571. The van der Waals surface area contributed by atoms with E-state index in [2.05, 4.69) is 36.2 Å². The topological polar surface area (TPSA) is 76.7 Å². The molecule has 0 aromatic carbocycles. The van der Waals surface area contributed by atoms with Crippen LogP contribution >= 0.6 is 23.1 Å². The molecule has 2 atom stereocenters. The second kappa shape index (κ2) is 7.29. The first-order chi connectivity index (χ1) is 10.1. The Labute approximate surface area is 132 Å². The zero-order valence-electron chi connectivity index (χ0n) is 12.6. The lowest BCUT2D eigenvalue weighted by Gasteiger charge is -2.20. The van der Waals surface area contributed by atoms with E-state index in [1.54, 1.807) is 27.7 Å². The van der Waals surface area contributed by atoms with Crippen LogP contribution in [0, 0.1) is 6.92 Å². The number of nitrogens with zero attached hydrogens (tertiary/aromatic N) is 2. The Morgan fingerprint density at radius 1 is 1.48 bits per heavy atom. The molecule has 21 heavy (non-hydrogen) atoms. The molecule has 0 aliphatic rings. The van der Waals surface area contributed by atoms with Crippen LogP contribution in [0.5, 0.6) is 0 Å². The van der Waals surface area contributed by atoms with Gasteiger partial charge < -0.3 is 5.73 Å². The number of aromatic nitrogens is 3. The van der Waals surface area contributed by atoms with Gasteiger partial charge in [-0.1, -0.05) is 25.6 Å². The van der Waals surface area contributed by atoms with Crippen molar-refractivity contribution in [3.8, 4) is 0 Å². The van der Waals surface area contributed by atoms with Gasteiger partial charge in [-0.25, -0.2) is 9.89 Å². The van der Waals surface area contributed by atoms with Gasteiger partial charge in [0, 0.05) is 22.3 Å². The number of hydrogen-bond acceptors (Lipinski definition) is 5. The smallest absolute Gasteiger partial charge is 0.326 e. The second-order valence-electron chi connectivity index (χ2n) is 5.02. The molecule has 0 saturated carbocycles. The Morgan fingerprint density at radius 2 is 2.24 bits per heavy atom. The first kappa shape index (κ1) is 16.3. The maximum atomic E-state index is 11.8. The molecule has 7 heteroatoms. The third-order valence-electron chi connectivity index (χ3n) is 3.30. The number of rotatable bonds is 7. The Morgan fingerprint density at radius 3 is 2.81 bits per heavy atom. The SMILES string of the molecule is CCCn1c(SC(c2ccc(C)s2)C(N)CC)n[nH]c1=O. The van der Waals surface area contributed by atoms with Crippen LogP contribution in [-0.4, -0.2) is 20.8 Å². The minimum atomic E-state index is -0.148. The van der Waals surface area contributed by atoms with Gasteiger partial charge in [-0.3, -0.25) is 4.57 Å². The molecule has 0 fully saturated rings. The number of nitrogens with two attached hydrogens (primary N) is 1. The zero-order valence-corrected chi connectivity index (χ0v) is 14.3. The van der Waals surface area contributed by atoms with E-state index in [-0.39, 0.29) is 17.0 Å². The number of thiophene rings is 1. The van der Waals surface area contributed by atoms with Crippen LogP contribution in [0.25, 0.3) is 0 Å². The predicted octanol–water partition coefficient (Wildman–Crippen LogP) is 2.92. The van der Waals surface area contributed by atoms with Crippen molar-refractivity contribution in [3.63, 3.8) is 0 Å². The number of aryl methyl sites for hydroxylation is 1. The summed E-state index contributed by atoms with van der Waals surface area (Å²) in [6.45, 7) is 6.90. The van der Waals surface area contributed by atoms with E-state index in [0.717, 1.165) is 18.0 Å². The summed E-state index contributed by atoms with van der Waals surface area (Å²) >= 11 is 3.34. The average molecular weight is 326 g/mol. The fourth-order valence-electron chi connectivity index (χ4n) is 2.10. The molecule has 2 aromatic rings. The van der Waals surface area contributed by atoms with E-state index in [0.29, 0.717) is 6.54 Å². The molecule has 0 saturated heterocycles. The monoisotopic (exact) mass is 326 g/mol. The van der Waals surface area contributed by atoms with Crippen LogP contribution in [-0.2, 0) is 6.54 Å². The highest BCUT2D eigenvalue weighted by atomic mass is 32.2. The second-order valence-corrected chi connectivity index (χ2v) is 7.45. The average Bonchev–Trinajstić information content (AvgIpc) is 3.04. The Bertz CT molecular complexity index is 631. The van der Waals surface area contributed by atoms with Gasteiger partial charge in [-0.15, -0.1) is 16.4 Å². The minimum Gasteiger partial charge on any atom is -0.326 e. The van der Waals surface area contributed by atoms with Crippen molar-refractivity contribution in [1.29, 1.82) is 0 Å². The van der Waals surface area contributed by atoms with Gasteiger partial charge >= 0.3 is 5.69 Å². The lowest BCUT2D eigenvalue weighted by atomic mass is 10.1. The van der Waals surface area contributed by atoms with Crippen LogP contribution in [0.4, 0.5) is 0 Å². The van der Waals surface area contributed by atoms with Crippen molar-refractivity contribution in [2.45, 2.75) is 56.6 Å². The number of H-pyrrole nitrogens is 1. The van der Waals surface area contributed by atoms with Crippen LogP contribution in [0.1, 0.15) is 41.7 Å². The van der Waals surface area contributed by atoms with Gasteiger partial charge in [-0.2, -0.15) is 0 Å². The zero-order chi connectivity index (χ0) is 15.4. The van der Waals surface area contributed by atoms with Crippen molar-refractivity contribution in [2.24, 2.45) is 5.73 Å². The molecule has 2 heterocycles. The third kappa shape index (κ3) is 3.78. The Balaban J connectivity index is 2.29. The molecule has 0 aliphatic carbocycles. The highest BCUT2D eigenvalue weighted by Crippen LogP contribution is 2.39. The standard InChI is InChI=1S/C14H22N4OS2/c1-4-8-18-13(19)16-17-14(18)21-12(10(15)5-2)11-7-6-9(3)20-11/h6-7,10,12H,4-5,8,15H2,1-3H3,(H,16,19). The molecule has 3 N–H and O–H groups in total. The van der Waals surface area contributed by atoms with E-state index >= 15 is 0 Å². The lowest BCUT2D eigenvalue weighted by Crippen LogP contribution is -2.26. The maximum Gasteiger partial charge on any atom is 0.343 e. The normalized spacial score (nSPS) is 14.3. The molecule has 2 unspecified atom stereocenters. The van der Waals surface area contributed by atoms with E-state index in [4.69, 9.17) is 5.73 Å². The first-order valence-corrected chi connectivity index (χ1v) is 8.90. The third-order valence-corrected chi connectivity index (χ3v) is 5.92. The van der Waals surface area contributed by atoms with Crippen LogP contribution in [0.15, 0.2) is 22.1 Å². The fourth-order valence-corrected chi connectivity index (χ4v) is 4.52. The number of aromatic amines is 1. The van der Waals surface area contributed by atoms with E-state index in [1.165, 1.54) is 9.75 Å². The summed E-state index contributed by atoms with van der Waals surface area (Å²) in [5.74, 6) is 0. The van der Waals surface area contributed by atoms with Crippen molar-refractivity contribution in [3.05, 3.63) is 32.4 Å². The number of nitrogens with one attached hydrogen (secondary N) is 1. The van der Waals surface area contributed by atoms with E-state index in [9.17, 15) is 4.79 Å². The molecule has 2 rings (SSSR count). The predicted molar refractivity (Wildman–Crippen MR) is 89.1 cm³/mol. The molecular formula is C14H22N4OS2. The van der Waals surface area contributed by atoms with Gasteiger partial charge in [0.15, 0.2) is 5.16 Å². The highest BCUT2D eigenvalue weighted by molar-refractivity contribution is 7.99. The molecule has 0 radical (unpaired) electrons. The van der Waals surface area contributed by atoms with Crippen molar-refractivity contribution in [1.82, 2.24) is 14.8 Å². The Kier molecular flexibility index (Phi) is 5.66. The summed E-state index contributed by atoms with van der Waals surface area (Å²) in [7, 11) is 0. The van der Waals surface area contributed by atoms with E-state index in [1.807, 2.05) is 6.92 Å². The van der Waals surface area contributed by atoms with Gasteiger partial charge in [-0.05, 0) is 31.9 Å². The molecule has 5 nitrogen and oxygen atoms in total. The first-order valence-electron chi connectivity index (χ1n) is 7.20. The molecular weight excluding hydrogens is 304 g/mol. The summed E-state index contributed by atoms with van der Waals surface area (Å²) in [5.41, 5.74) is 6.15. The molecule has 116 valence electrons. The summed E-state index contributed by atoms with van der Waals surface area (Å²) in [6, 6.07) is 4.27. The van der Waals surface area contributed by atoms with Crippen molar-refractivity contribution >= 4 is 23.1 Å². The molecule has 0 amide bonds. The van der Waals surface area contributed by atoms with Crippen molar-refractivity contribution < 1.29 is 0 Å². The summed E-state index contributed by atoms with van der Waals surface area (Å²) in [5, 5.41) is 7.55. The van der Waals surface area contributed by atoms with Gasteiger partial charge in [0.2, 0.25) is 0 Å². The molecule has 0 bridgehead atoms. The maximum absolute atomic E-state index is 11.8. The van der Waals surface area contributed by atoms with Crippen LogP contribution < -0.4 is 11.4 Å². The van der Waals surface area contributed by atoms with Gasteiger partial charge in [0.05, 0.1) is 5.25 Å². The Hall–Kier alpha value is -1.05. The summed E-state index contributed by atoms with van der Waals surface area (Å²) in [4.78, 5) is 14.3. The van der Waals surface area contributed by atoms with Crippen LogP contribution in [0.3, 0.4) is 0 Å². The highest BCUT2D eigenvalue weighted by Gasteiger charge is 2.24. The number of thioether (sulfide) groups is 1. The number of hydrogen-bond donors (Lipinski definition) is 2. The molecule has 2 aromatic heterocycles. The molecule has 0 aliphatic heterocycles. The minimum absolute atomic E-state index is 0.0370. The lowest BCUT2D eigenvalue weighted by molar-refractivity contribution is 0.596. The summed E-state index contributed by atoms with van der Waals surface area (Å²) < 4.78 is 1.69.